The molecule has 1 aromatic heterocycles. The van der Waals surface area contributed by atoms with Gasteiger partial charge in [0.1, 0.15) is 0 Å². The Balaban J connectivity index is 1.90. The fraction of sp³-hybridized carbons (Fsp3) is 0.100. The number of aromatic nitrogens is 2. The Hall–Kier alpha value is -3.54. The molecule has 26 heavy (non-hydrogen) atoms. The molecule has 0 aliphatic heterocycles. The Labute approximate surface area is 149 Å². The van der Waals surface area contributed by atoms with E-state index < -0.39 is 5.97 Å². The number of H-pyrrole nitrogens is 1. The first-order valence-electron chi connectivity index (χ1n) is 8.14. The molecule has 0 amide bonds. The molecule has 0 fully saturated rings. The van der Waals surface area contributed by atoms with Crippen LogP contribution in [0.15, 0.2) is 64.4 Å². The number of nitrogens with zero attached hydrogens (tertiary/aromatic N) is 2. The standard InChI is InChI=1S/C20H17N3O3/c1-2-26-19(24)12-11-14-7-3-5-9-16(14)21-13-18-22-17-10-6-4-8-15(17)20(25)23-18/h3-13H,2H2,1H3,(H,22,23,25)/b12-11+,21-13?. The lowest BCUT2D eigenvalue weighted by atomic mass is 10.1. The van der Waals surface area contributed by atoms with E-state index in [0.717, 1.165) is 5.56 Å². The fourth-order valence-electron chi connectivity index (χ4n) is 2.39. The predicted octanol–water partition coefficient (Wildman–Crippen LogP) is 3.25. The molecule has 0 spiro atoms. The average molecular weight is 347 g/mol. The molecule has 1 N–H and O–H groups in total. The van der Waals surface area contributed by atoms with Gasteiger partial charge in [0.05, 0.1) is 29.4 Å². The van der Waals surface area contributed by atoms with Crippen molar-refractivity contribution in [3.05, 3.63) is 76.3 Å². The molecule has 0 unspecified atom stereocenters. The highest BCUT2D eigenvalue weighted by Crippen LogP contribution is 2.20. The van der Waals surface area contributed by atoms with Crippen molar-refractivity contribution in [1.82, 2.24) is 9.97 Å². The van der Waals surface area contributed by atoms with Crippen LogP contribution in [0.3, 0.4) is 0 Å². The van der Waals surface area contributed by atoms with Crippen molar-refractivity contribution in [3.63, 3.8) is 0 Å². The van der Waals surface area contributed by atoms with E-state index in [1.807, 2.05) is 24.3 Å². The van der Waals surface area contributed by atoms with Gasteiger partial charge in [-0.25, -0.2) is 9.78 Å². The second-order valence-electron chi connectivity index (χ2n) is 5.37. The summed E-state index contributed by atoms with van der Waals surface area (Å²) in [6.45, 7) is 2.07. The minimum Gasteiger partial charge on any atom is -0.463 e. The maximum Gasteiger partial charge on any atom is 0.330 e. The van der Waals surface area contributed by atoms with Crippen molar-refractivity contribution < 1.29 is 9.53 Å². The zero-order valence-corrected chi connectivity index (χ0v) is 14.2. The van der Waals surface area contributed by atoms with Crippen LogP contribution in [0.2, 0.25) is 0 Å². The summed E-state index contributed by atoms with van der Waals surface area (Å²) in [6, 6.07) is 14.4. The summed E-state index contributed by atoms with van der Waals surface area (Å²) < 4.78 is 4.87. The van der Waals surface area contributed by atoms with Gasteiger partial charge in [0.2, 0.25) is 0 Å². The lowest BCUT2D eigenvalue weighted by Crippen LogP contribution is -2.11. The summed E-state index contributed by atoms with van der Waals surface area (Å²) >= 11 is 0. The Bertz CT molecular complexity index is 1050. The maximum absolute atomic E-state index is 12.1. The van der Waals surface area contributed by atoms with E-state index in [-0.39, 0.29) is 5.56 Å². The minimum atomic E-state index is -0.410. The number of ether oxygens (including phenoxy) is 1. The number of carbonyl (C=O) groups is 1. The van der Waals surface area contributed by atoms with Gasteiger partial charge in [-0.3, -0.25) is 9.79 Å². The van der Waals surface area contributed by atoms with Crippen molar-refractivity contribution in [2.24, 2.45) is 4.99 Å². The molecule has 0 aliphatic rings. The van der Waals surface area contributed by atoms with Gasteiger partial charge in [-0.15, -0.1) is 0 Å². The Morgan fingerprint density at radius 3 is 2.81 bits per heavy atom. The summed E-state index contributed by atoms with van der Waals surface area (Å²) in [7, 11) is 0. The van der Waals surface area contributed by atoms with Crippen molar-refractivity contribution >= 4 is 34.9 Å². The van der Waals surface area contributed by atoms with Gasteiger partial charge >= 0.3 is 5.97 Å². The summed E-state index contributed by atoms with van der Waals surface area (Å²) in [4.78, 5) is 35.0. The van der Waals surface area contributed by atoms with Crippen LogP contribution >= 0.6 is 0 Å². The summed E-state index contributed by atoms with van der Waals surface area (Å²) in [5.74, 6) is -0.0512. The summed E-state index contributed by atoms with van der Waals surface area (Å²) in [5, 5.41) is 0.530. The highest BCUT2D eigenvalue weighted by molar-refractivity contribution is 5.89. The van der Waals surface area contributed by atoms with Gasteiger partial charge in [-0.2, -0.15) is 0 Å². The normalized spacial score (nSPS) is 11.4. The van der Waals surface area contributed by atoms with E-state index >= 15 is 0 Å². The van der Waals surface area contributed by atoms with Crippen molar-refractivity contribution in [3.8, 4) is 0 Å². The molecule has 0 bridgehead atoms. The zero-order valence-electron chi connectivity index (χ0n) is 14.2. The number of rotatable bonds is 5. The molecule has 0 aliphatic carbocycles. The number of fused-ring (bicyclic) bond motifs is 1. The molecule has 0 saturated heterocycles. The number of para-hydroxylation sites is 2. The lowest BCUT2D eigenvalue weighted by Gasteiger charge is -2.01. The van der Waals surface area contributed by atoms with Crippen LogP contribution in [-0.4, -0.2) is 28.8 Å². The third-order valence-corrected chi connectivity index (χ3v) is 3.58. The zero-order chi connectivity index (χ0) is 18.4. The van der Waals surface area contributed by atoms with E-state index in [1.165, 1.54) is 12.3 Å². The minimum absolute atomic E-state index is 0.215. The number of esters is 1. The van der Waals surface area contributed by atoms with E-state index in [2.05, 4.69) is 15.0 Å². The van der Waals surface area contributed by atoms with Gasteiger partial charge in [-0.1, -0.05) is 30.3 Å². The highest BCUT2D eigenvalue weighted by Gasteiger charge is 2.02. The van der Waals surface area contributed by atoms with Crippen LogP contribution in [0.4, 0.5) is 5.69 Å². The number of nitrogens with one attached hydrogen (secondary N) is 1. The van der Waals surface area contributed by atoms with E-state index in [4.69, 9.17) is 4.74 Å². The molecule has 1 heterocycles. The van der Waals surface area contributed by atoms with Crippen LogP contribution < -0.4 is 5.56 Å². The van der Waals surface area contributed by atoms with Crippen molar-refractivity contribution in [1.29, 1.82) is 0 Å². The highest BCUT2D eigenvalue weighted by atomic mass is 16.5. The molecule has 6 heteroatoms. The van der Waals surface area contributed by atoms with E-state index in [9.17, 15) is 9.59 Å². The third-order valence-electron chi connectivity index (χ3n) is 3.58. The van der Waals surface area contributed by atoms with Gasteiger partial charge in [0.15, 0.2) is 5.82 Å². The van der Waals surface area contributed by atoms with Crippen molar-refractivity contribution in [2.45, 2.75) is 6.92 Å². The quantitative estimate of drug-likeness (QED) is 0.436. The number of aromatic amines is 1. The van der Waals surface area contributed by atoms with Crippen LogP contribution in [0.25, 0.3) is 17.0 Å². The third kappa shape index (κ3) is 4.10. The first kappa shape index (κ1) is 17.3. The molecule has 0 saturated carbocycles. The topological polar surface area (TPSA) is 84.4 Å². The molecule has 130 valence electrons. The largest absolute Gasteiger partial charge is 0.463 e. The number of carbonyl (C=O) groups excluding carboxylic acids is 1. The number of hydrogen-bond acceptors (Lipinski definition) is 5. The molecule has 0 atom stereocenters. The van der Waals surface area contributed by atoms with E-state index in [1.54, 1.807) is 37.3 Å². The lowest BCUT2D eigenvalue weighted by molar-refractivity contribution is -0.137. The van der Waals surface area contributed by atoms with Crippen LogP contribution in [0.5, 0.6) is 0 Å². The van der Waals surface area contributed by atoms with Crippen molar-refractivity contribution in [2.75, 3.05) is 6.61 Å². The molecule has 3 aromatic rings. The molecular weight excluding hydrogens is 330 g/mol. The molecular formula is C20H17N3O3. The van der Waals surface area contributed by atoms with E-state index in [0.29, 0.717) is 29.0 Å². The second-order valence-corrected chi connectivity index (χ2v) is 5.37. The van der Waals surface area contributed by atoms with Gasteiger partial charge in [-0.05, 0) is 31.2 Å². The maximum atomic E-state index is 12.1. The van der Waals surface area contributed by atoms with Crippen LogP contribution in [0.1, 0.15) is 18.3 Å². The average Bonchev–Trinajstić information content (AvgIpc) is 2.66. The van der Waals surface area contributed by atoms with Crippen LogP contribution in [0, 0.1) is 0 Å². The SMILES string of the molecule is CCOC(=O)/C=C/c1ccccc1N=Cc1nc2ccccc2c(=O)[nH]1. The van der Waals surface area contributed by atoms with Gasteiger partial charge in [0.25, 0.3) is 5.56 Å². The first-order chi connectivity index (χ1) is 12.7. The summed E-state index contributed by atoms with van der Waals surface area (Å²) in [5.41, 5.74) is 1.78. The Morgan fingerprint density at radius 2 is 1.96 bits per heavy atom. The Kier molecular flexibility index (Phi) is 5.34. The Morgan fingerprint density at radius 1 is 1.19 bits per heavy atom. The van der Waals surface area contributed by atoms with Gasteiger partial charge < -0.3 is 9.72 Å². The first-order valence-corrected chi connectivity index (χ1v) is 8.14. The molecule has 3 rings (SSSR count). The fourth-order valence-corrected chi connectivity index (χ4v) is 2.39. The molecule has 6 nitrogen and oxygen atoms in total. The number of aliphatic imine (C=N–C) groups is 1. The monoisotopic (exact) mass is 347 g/mol. The molecule has 2 aromatic carbocycles. The predicted molar refractivity (Wildman–Crippen MR) is 102 cm³/mol. The van der Waals surface area contributed by atoms with Crippen LogP contribution in [-0.2, 0) is 9.53 Å². The number of benzene rings is 2. The summed E-state index contributed by atoms with van der Waals surface area (Å²) in [6.07, 6.45) is 4.49. The van der Waals surface area contributed by atoms with Gasteiger partial charge in [0, 0.05) is 11.6 Å². The smallest absolute Gasteiger partial charge is 0.330 e. The number of hydrogen-bond donors (Lipinski definition) is 1. The second kappa shape index (κ2) is 8.02. The molecule has 0 radical (unpaired) electrons.